The summed E-state index contributed by atoms with van der Waals surface area (Å²) < 4.78 is 10.6. The molecule has 1 aliphatic heterocycles. The maximum atomic E-state index is 5.41. The van der Waals surface area contributed by atoms with Crippen molar-refractivity contribution < 1.29 is 9.47 Å². The second-order valence-electron chi connectivity index (χ2n) is 2.73. The van der Waals surface area contributed by atoms with Gasteiger partial charge in [-0.25, -0.2) is 0 Å². The number of rotatable bonds is 1. The highest BCUT2D eigenvalue weighted by atomic mass is 16.6. The Kier molecular flexibility index (Phi) is 6.57. The van der Waals surface area contributed by atoms with Crippen molar-refractivity contribution in [2.24, 2.45) is 5.92 Å². The van der Waals surface area contributed by atoms with E-state index < -0.39 is 0 Å². The van der Waals surface area contributed by atoms with Crippen molar-refractivity contribution in [2.45, 2.75) is 33.8 Å². The van der Waals surface area contributed by atoms with Gasteiger partial charge in [0.1, 0.15) is 0 Å². The zero-order valence-electron chi connectivity index (χ0n) is 8.09. The molecule has 0 aromatic rings. The van der Waals surface area contributed by atoms with E-state index in [1.807, 2.05) is 13.8 Å². The molecule has 0 aliphatic carbocycles. The Balaban J connectivity index is 0.000000461. The van der Waals surface area contributed by atoms with Gasteiger partial charge in [0.05, 0.1) is 25.9 Å². The van der Waals surface area contributed by atoms with Crippen LogP contribution in [0.2, 0.25) is 0 Å². The summed E-state index contributed by atoms with van der Waals surface area (Å²) in [7, 11) is 0. The molecule has 2 heteroatoms. The Morgan fingerprint density at radius 2 is 1.82 bits per heavy atom. The quantitative estimate of drug-likeness (QED) is 0.584. The van der Waals surface area contributed by atoms with Crippen molar-refractivity contribution in [3.05, 3.63) is 0 Å². The maximum absolute atomic E-state index is 5.41. The molecule has 1 unspecified atom stereocenters. The minimum Gasteiger partial charge on any atom is -0.376 e. The first kappa shape index (κ1) is 10.9. The van der Waals surface area contributed by atoms with Gasteiger partial charge in [-0.05, 0) is 5.92 Å². The Morgan fingerprint density at radius 1 is 1.18 bits per heavy atom. The lowest BCUT2D eigenvalue weighted by Gasteiger charge is -2.25. The molecule has 1 fully saturated rings. The predicted octanol–water partition coefficient (Wildman–Crippen LogP) is 2.08. The molecule has 1 saturated heterocycles. The van der Waals surface area contributed by atoms with E-state index in [0.29, 0.717) is 12.0 Å². The third-order valence-corrected chi connectivity index (χ3v) is 1.59. The highest BCUT2D eigenvalue weighted by Crippen LogP contribution is 2.09. The second kappa shape index (κ2) is 6.62. The molecule has 0 N–H and O–H groups in total. The fourth-order valence-electron chi connectivity index (χ4n) is 0.891. The van der Waals surface area contributed by atoms with Crippen LogP contribution < -0.4 is 0 Å². The van der Waals surface area contributed by atoms with Gasteiger partial charge in [-0.2, -0.15) is 0 Å². The Hall–Kier alpha value is -0.0800. The van der Waals surface area contributed by atoms with E-state index in [0.717, 1.165) is 19.8 Å². The van der Waals surface area contributed by atoms with Gasteiger partial charge < -0.3 is 9.47 Å². The Labute approximate surface area is 69.9 Å². The standard InChI is InChI=1S/C7H14O2.C2H6/c1-6(2)7-5-8-3-4-9-7;1-2/h6-7H,3-5H2,1-2H3;1-2H3. The first-order valence-electron chi connectivity index (χ1n) is 4.50. The van der Waals surface area contributed by atoms with Crippen LogP contribution in [0.4, 0.5) is 0 Å². The summed E-state index contributed by atoms with van der Waals surface area (Å²) >= 11 is 0. The SMILES string of the molecule is CC.CC(C)C1COCCO1. The topological polar surface area (TPSA) is 18.5 Å². The van der Waals surface area contributed by atoms with Crippen molar-refractivity contribution in [3.8, 4) is 0 Å². The molecule has 2 nitrogen and oxygen atoms in total. The molecule has 1 aliphatic rings. The van der Waals surface area contributed by atoms with Crippen molar-refractivity contribution in [1.29, 1.82) is 0 Å². The number of ether oxygens (including phenoxy) is 2. The maximum Gasteiger partial charge on any atom is 0.0832 e. The highest BCUT2D eigenvalue weighted by molar-refractivity contribution is 4.63. The van der Waals surface area contributed by atoms with E-state index in [1.165, 1.54) is 0 Å². The molecule has 0 spiro atoms. The first-order chi connectivity index (χ1) is 5.30. The molecular formula is C9H20O2. The minimum atomic E-state index is 0.332. The van der Waals surface area contributed by atoms with Gasteiger partial charge >= 0.3 is 0 Å². The van der Waals surface area contributed by atoms with E-state index >= 15 is 0 Å². The molecule has 0 aromatic heterocycles. The molecule has 0 radical (unpaired) electrons. The van der Waals surface area contributed by atoms with Gasteiger partial charge in [-0.3, -0.25) is 0 Å². The summed E-state index contributed by atoms with van der Waals surface area (Å²) in [4.78, 5) is 0. The van der Waals surface area contributed by atoms with Crippen LogP contribution in [0.5, 0.6) is 0 Å². The molecule has 68 valence electrons. The first-order valence-corrected chi connectivity index (χ1v) is 4.50. The second-order valence-corrected chi connectivity index (χ2v) is 2.73. The third-order valence-electron chi connectivity index (χ3n) is 1.59. The van der Waals surface area contributed by atoms with E-state index in [-0.39, 0.29) is 0 Å². The van der Waals surface area contributed by atoms with E-state index in [2.05, 4.69) is 13.8 Å². The third kappa shape index (κ3) is 4.38. The lowest BCUT2D eigenvalue weighted by atomic mass is 10.1. The molecular weight excluding hydrogens is 140 g/mol. The van der Waals surface area contributed by atoms with E-state index in [9.17, 15) is 0 Å². The minimum absolute atomic E-state index is 0.332. The van der Waals surface area contributed by atoms with Crippen LogP contribution in [0.1, 0.15) is 27.7 Å². The monoisotopic (exact) mass is 160 g/mol. The van der Waals surface area contributed by atoms with Crippen LogP contribution in [0.15, 0.2) is 0 Å². The van der Waals surface area contributed by atoms with E-state index in [1.54, 1.807) is 0 Å². The zero-order chi connectivity index (χ0) is 8.69. The number of hydrogen-bond donors (Lipinski definition) is 0. The van der Waals surface area contributed by atoms with Gasteiger partial charge in [0.2, 0.25) is 0 Å². The van der Waals surface area contributed by atoms with Crippen molar-refractivity contribution in [2.75, 3.05) is 19.8 Å². The molecule has 0 saturated carbocycles. The largest absolute Gasteiger partial charge is 0.376 e. The average Bonchev–Trinajstić information content (AvgIpc) is 2.10. The van der Waals surface area contributed by atoms with Crippen LogP contribution in [0.25, 0.3) is 0 Å². The Morgan fingerprint density at radius 3 is 2.09 bits per heavy atom. The Bertz CT molecular complexity index is 75.6. The molecule has 1 heterocycles. The lowest BCUT2D eigenvalue weighted by Crippen LogP contribution is -2.32. The van der Waals surface area contributed by atoms with Crippen LogP contribution >= 0.6 is 0 Å². The molecule has 0 amide bonds. The van der Waals surface area contributed by atoms with E-state index in [4.69, 9.17) is 9.47 Å². The average molecular weight is 160 g/mol. The van der Waals surface area contributed by atoms with Crippen LogP contribution in [-0.2, 0) is 9.47 Å². The fourth-order valence-corrected chi connectivity index (χ4v) is 0.891. The summed E-state index contributed by atoms with van der Waals surface area (Å²) in [6, 6.07) is 0. The molecule has 0 aromatic carbocycles. The molecule has 0 bridgehead atoms. The van der Waals surface area contributed by atoms with Gasteiger partial charge in [-0.15, -0.1) is 0 Å². The predicted molar refractivity (Wildman–Crippen MR) is 46.7 cm³/mol. The summed E-state index contributed by atoms with van der Waals surface area (Å²) in [6.07, 6.45) is 0.332. The zero-order valence-corrected chi connectivity index (χ0v) is 8.09. The molecule has 11 heavy (non-hydrogen) atoms. The summed E-state index contributed by atoms with van der Waals surface area (Å²) in [5.74, 6) is 0.588. The van der Waals surface area contributed by atoms with Crippen LogP contribution in [-0.4, -0.2) is 25.9 Å². The summed E-state index contributed by atoms with van der Waals surface area (Å²) in [6.45, 7) is 10.6. The van der Waals surface area contributed by atoms with Crippen LogP contribution in [0, 0.1) is 5.92 Å². The smallest absolute Gasteiger partial charge is 0.0832 e. The van der Waals surface area contributed by atoms with Gasteiger partial charge in [0.25, 0.3) is 0 Å². The number of hydrogen-bond acceptors (Lipinski definition) is 2. The van der Waals surface area contributed by atoms with Crippen molar-refractivity contribution in [3.63, 3.8) is 0 Å². The molecule has 1 rings (SSSR count). The summed E-state index contributed by atoms with van der Waals surface area (Å²) in [5, 5.41) is 0. The normalized spacial score (nSPS) is 24.3. The van der Waals surface area contributed by atoms with Gasteiger partial charge in [0.15, 0.2) is 0 Å². The van der Waals surface area contributed by atoms with Gasteiger partial charge in [0, 0.05) is 0 Å². The van der Waals surface area contributed by atoms with Gasteiger partial charge in [-0.1, -0.05) is 27.7 Å². The molecule has 1 atom stereocenters. The van der Waals surface area contributed by atoms with Crippen molar-refractivity contribution in [1.82, 2.24) is 0 Å². The lowest BCUT2D eigenvalue weighted by molar-refractivity contribution is -0.105. The fraction of sp³-hybridized carbons (Fsp3) is 1.00. The summed E-state index contributed by atoms with van der Waals surface area (Å²) in [5.41, 5.74) is 0. The highest BCUT2D eigenvalue weighted by Gasteiger charge is 2.16. The van der Waals surface area contributed by atoms with Crippen LogP contribution in [0.3, 0.4) is 0 Å². The van der Waals surface area contributed by atoms with Crippen molar-refractivity contribution >= 4 is 0 Å².